The van der Waals surface area contributed by atoms with Crippen molar-refractivity contribution in [1.29, 1.82) is 0 Å². The molecule has 0 bridgehead atoms. The Morgan fingerprint density at radius 2 is 0.769 bits per heavy atom. The third-order valence-corrected chi connectivity index (χ3v) is 9.51. The van der Waals surface area contributed by atoms with E-state index in [-0.39, 0.29) is 0 Å². The molecular formula is C18H12O6Sb2. The number of fused-ring (bicyclic) bond motifs is 2. The Kier molecular flexibility index (Phi) is 4.39. The summed E-state index contributed by atoms with van der Waals surface area (Å²) in [7, 11) is 0. The summed E-state index contributed by atoms with van der Waals surface area (Å²) in [5.74, 6) is 4.06. The molecular weight excluding hydrogens is 556 g/mol. The Bertz CT molecular complexity index is 824. The molecule has 0 aliphatic carbocycles. The Labute approximate surface area is 167 Å². The zero-order valence-corrected chi connectivity index (χ0v) is 18.4. The molecule has 130 valence electrons. The molecule has 26 heavy (non-hydrogen) atoms. The summed E-state index contributed by atoms with van der Waals surface area (Å²) in [5.41, 5.74) is 0. The minimum atomic E-state index is -2.85. The van der Waals surface area contributed by atoms with Crippen LogP contribution in [0.1, 0.15) is 0 Å². The van der Waals surface area contributed by atoms with Gasteiger partial charge in [0.2, 0.25) is 0 Å². The van der Waals surface area contributed by atoms with Crippen LogP contribution in [-0.2, 0) is 0 Å². The first-order chi connectivity index (χ1) is 12.8. The molecule has 2 heterocycles. The third-order valence-electron chi connectivity index (χ3n) is 3.58. The van der Waals surface area contributed by atoms with E-state index in [1.54, 1.807) is 0 Å². The van der Waals surface area contributed by atoms with Gasteiger partial charge in [0.15, 0.2) is 0 Å². The van der Waals surface area contributed by atoms with E-state index in [1.807, 2.05) is 72.8 Å². The van der Waals surface area contributed by atoms with Crippen molar-refractivity contribution in [2.45, 2.75) is 0 Å². The molecule has 0 amide bonds. The Balaban J connectivity index is 1.30. The zero-order chi connectivity index (χ0) is 17.3. The van der Waals surface area contributed by atoms with Gasteiger partial charge in [0.1, 0.15) is 0 Å². The molecule has 0 spiro atoms. The SMILES string of the molecule is c1ccc([O][Sb]2[O]c3ccccc3[O]2)c([O][Sb]2[O]c3ccccc3[O]2)c1. The number of hydrogen-bond acceptors (Lipinski definition) is 6. The van der Waals surface area contributed by atoms with E-state index in [2.05, 4.69) is 0 Å². The Morgan fingerprint density at radius 1 is 0.462 bits per heavy atom. The summed E-state index contributed by atoms with van der Waals surface area (Å²) >= 11 is -5.71. The number of para-hydroxylation sites is 6. The molecule has 3 aromatic carbocycles. The van der Waals surface area contributed by atoms with Gasteiger partial charge >= 0.3 is 168 Å². The first-order valence-corrected chi connectivity index (χ1v) is 14.1. The molecule has 8 heteroatoms. The molecule has 6 nitrogen and oxygen atoms in total. The first kappa shape index (κ1) is 16.3. The molecule has 2 aliphatic rings. The molecule has 0 atom stereocenters. The van der Waals surface area contributed by atoms with Crippen LogP contribution in [0, 0.1) is 0 Å². The van der Waals surface area contributed by atoms with E-state index in [9.17, 15) is 0 Å². The fourth-order valence-electron chi connectivity index (χ4n) is 2.40. The normalized spacial score (nSPS) is 15.1. The second kappa shape index (κ2) is 7.01. The van der Waals surface area contributed by atoms with Crippen molar-refractivity contribution in [3.05, 3.63) is 72.8 Å². The monoisotopic (exact) mass is 566 g/mol. The summed E-state index contributed by atoms with van der Waals surface area (Å²) < 4.78 is 35.3. The van der Waals surface area contributed by atoms with Crippen molar-refractivity contribution >= 4 is 42.9 Å². The number of benzene rings is 3. The molecule has 0 N–H and O–H groups in total. The van der Waals surface area contributed by atoms with Gasteiger partial charge in [-0.3, -0.25) is 0 Å². The van der Waals surface area contributed by atoms with Crippen molar-refractivity contribution in [2.75, 3.05) is 0 Å². The van der Waals surface area contributed by atoms with Crippen LogP contribution in [0.5, 0.6) is 34.5 Å². The van der Waals surface area contributed by atoms with E-state index in [1.165, 1.54) is 0 Å². The number of rotatable bonds is 4. The van der Waals surface area contributed by atoms with Gasteiger partial charge in [0.05, 0.1) is 0 Å². The van der Waals surface area contributed by atoms with Crippen molar-refractivity contribution in [2.24, 2.45) is 0 Å². The van der Waals surface area contributed by atoms with Gasteiger partial charge in [-0.1, -0.05) is 0 Å². The molecule has 2 aliphatic heterocycles. The van der Waals surface area contributed by atoms with Crippen LogP contribution in [0.4, 0.5) is 0 Å². The van der Waals surface area contributed by atoms with Crippen molar-refractivity contribution in [3.8, 4) is 34.5 Å². The van der Waals surface area contributed by atoms with Crippen LogP contribution in [0.2, 0.25) is 0 Å². The van der Waals surface area contributed by atoms with Gasteiger partial charge in [-0.05, 0) is 0 Å². The van der Waals surface area contributed by atoms with E-state index in [0.717, 1.165) is 23.0 Å². The van der Waals surface area contributed by atoms with Crippen LogP contribution in [-0.4, -0.2) is 42.9 Å². The van der Waals surface area contributed by atoms with Crippen LogP contribution in [0.3, 0.4) is 0 Å². The van der Waals surface area contributed by atoms with Gasteiger partial charge in [-0.2, -0.15) is 0 Å². The fourth-order valence-corrected chi connectivity index (χ4v) is 8.37. The van der Waals surface area contributed by atoms with Gasteiger partial charge in [0, 0.05) is 0 Å². The second-order valence-electron chi connectivity index (χ2n) is 5.34. The Hall–Kier alpha value is -1.90. The molecule has 0 unspecified atom stereocenters. The summed E-state index contributed by atoms with van der Waals surface area (Å²) in [6.07, 6.45) is 0. The zero-order valence-electron chi connectivity index (χ0n) is 13.3. The van der Waals surface area contributed by atoms with Gasteiger partial charge < -0.3 is 0 Å². The van der Waals surface area contributed by atoms with Crippen molar-refractivity contribution in [1.82, 2.24) is 0 Å². The summed E-state index contributed by atoms with van der Waals surface area (Å²) in [5, 5.41) is 0. The van der Waals surface area contributed by atoms with Crippen molar-refractivity contribution in [3.63, 3.8) is 0 Å². The van der Waals surface area contributed by atoms with Crippen LogP contribution >= 0.6 is 0 Å². The standard InChI is InChI=1S/3C6H6O2.2Sb/c3*7-5-3-1-2-4-6(5)8;;/h3*1-4,7-8H;;/q;;;2*+3/p-6. The molecule has 0 fully saturated rings. The van der Waals surface area contributed by atoms with E-state index < -0.39 is 42.9 Å². The van der Waals surface area contributed by atoms with E-state index in [0.29, 0.717) is 11.5 Å². The average molecular weight is 568 g/mol. The second-order valence-corrected chi connectivity index (χ2v) is 11.0. The van der Waals surface area contributed by atoms with Crippen LogP contribution in [0.15, 0.2) is 72.8 Å². The number of hydrogen-bond donors (Lipinski definition) is 0. The Morgan fingerprint density at radius 3 is 1.12 bits per heavy atom. The molecule has 5 rings (SSSR count). The van der Waals surface area contributed by atoms with Crippen molar-refractivity contribution < 1.29 is 18.1 Å². The maximum atomic E-state index is 6.01. The summed E-state index contributed by atoms with van der Waals surface area (Å²) in [6, 6.07) is 22.5. The topological polar surface area (TPSA) is 55.4 Å². The summed E-state index contributed by atoms with van der Waals surface area (Å²) in [6.45, 7) is 0. The van der Waals surface area contributed by atoms with Crippen LogP contribution < -0.4 is 18.1 Å². The molecule has 0 radical (unpaired) electrons. The van der Waals surface area contributed by atoms with Crippen LogP contribution in [0.25, 0.3) is 0 Å². The average Bonchev–Trinajstić information content (AvgIpc) is 3.26. The van der Waals surface area contributed by atoms with E-state index >= 15 is 0 Å². The molecule has 3 aromatic rings. The summed E-state index contributed by atoms with van der Waals surface area (Å²) in [4.78, 5) is 0. The molecule has 0 saturated carbocycles. The predicted octanol–water partition coefficient (Wildman–Crippen LogP) is 3.36. The third kappa shape index (κ3) is 3.24. The van der Waals surface area contributed by atoms with E-state index in [4.69, 9.17) is 18.1 Å². The van der Waals surface area contributed by atoms with Gasteiger partial charge in [-0.25, -0.2) is 0 Å². The maximum absolute atomic E-state index is 6.01. The fraction of sp³-hybridized carbons (Fsp3) is 0. The predicted molar refractivity (Wildman–Crippen MR) is 94.6 cm³/mol. The first-order valence-electron chi connectivity index (χ1n) is 7.80. The van der Waals surface area contributed by atoms with Gasteiger partial charge in [0.25, 0.3) is 0 Å². The minimum absolute atomic E-state index is 0.580. The quantitative estimate of drug-likeness (QED) is 0.451. The molecule has 0 aromatic heterocycles. The van der Waals surface area contributed by atoms with Gasteiger partial charge in [-0.15, -0.1) is 0 Å². The molecule has 0 saturated heterocycles.